The first-order valence-electron chi connectivity index (χ1n) is 5.23. The van der Waals surface area contributed by atoms with E-state index in [0.717, 1.165) is 11.3 Å². The average Bonchev–Trinajstić information content (AvgIpc) is 2.19. The van der Waals surface area contributed by atoms with Gasteiger partial charge in [-0.15, -0.1) is 0 Å². The van der Waals surface area contributed by atoms with Gasteiger partial charge in [-0.3, -0.25) is 4.79 Å². The van der Waals surface area contributed by atoms with E-state index in [2.05, 4.69) is 5.32 Å². The van der Waals surface area contributed by atoms with Crippen LogP contribution in [0.3, 0.4) is 0 Å². The smallest absolute Gasteiger partial charge is 0.303 e. The van der Waals surface area contributed by atoms with Gasteiger partial charge in [0.25, 0.3) is 0 Å². The Bertz CT molecular complexity index is 379. The molecule has 1 aromatic carbocycles. The SMILES string of the molecule is Cc1cc(F)ccc1NC(C)CCC(=O)O. The van der Waals surface area contributed by atoms with Crippen molar-refractivity contribution in [2.45, 2.75) is 32.7 Å². The molecule has 1 atom stereocenters. The van der Waals surface area contributed by atoms with Gasteiger partial charge in [0.1, 0.15) is 5.82 Å². The highest BCUT2D eigenvalue weighted by atomic mass is 19.1. The molecule has 0 aromatic heterocycles. The van der Waals surface area contributed by atoms with Crippen LogP contribution in [0.1, 0.15) is 25.3 Å². The lowest BCUT2D eigenvalue weighted by atomic mass is 10.1. The van der Waals surface area contributed by atoms with Crippen molar-refractivity contribution >= 4 is 11.7 Å². The fraction of sp³-hybridized carbons (Fsp3) is 0.417. The molecule has 3 nitrogen and oxygen atoms in total. The van der Waals surface area contributed by atoms with E-state index >= 15 is 0 Å². The summed E-state index contributed by atoms with van der Waals surface area (Å²) in [6.45, 7) is 3.72. The number of hydrogen-bond acceptors (Lipinski definition) is 2. The van der Waals surface area contributed by atoms with E-state index in [1.807, 2.05) is 13.8 Å². The first kappa shape index (κ1) is 12.5. The molecule has 1 aromatic rings. The van der Waals surface area contributed by atoms with Gasteiger partial charge >= 0.3 is 5.97 Å². The van der Waals surface area contributed by atoms with Crippen LogP contribution in [0.15, 0.2) is 18.2 Å². The van der Waals surface area contributed by atoms with Gasteiger partial charge in [-0.05, 0) is 44.0 Å². The van der Waals surface area contributed by atoms with Crippen LogP contribution >= 0.6 is 0 Å². The van der Waals surface area contributed by atoms with E-state index < -0.39 is 5.97 Å². The molecule has 4 heteroatoms. The highest BCUT2D eigenvalue weighted by Crippen LogP contribution is 2.17. The molecule has 0 saturated carbocycles. The van der Waals surface area contributed by atoms with Crippen molar-refractivity contribution < 1.29 is 14.3 Å². The van der Waals surface area contributed by atoms with Crippen molar-refractivity contribution in [3.63, 3.8) is 0 Å². The zero-order chi connectivity index (χ0) is 12.1. The molecule has 0 fully saturated rings. The molecule has 0 aliphatic rings. The van der Waals surface area contributed by atoms with Crippen LogP contribution in [-0.2, 0) is 4.79 Å². The fourth-order valence-corrected chi connectivity index (χ4v) is 1.47. The molecule has 0 amide bonds. The summed E-state index contributed by atoms with van der Waals surface area (Å²) in [5, 5.41) is 11.7. The van der Waals surface area contributed by atoms with Crippen molar-refractivity contribution in [3.05, 3.63) is 29.6 Å². The molecule has 0 heterocycles. The van der Waals surface area contributed by atoms with Crippen molar-refractivity contribution in [1.82, 2.24) is 0 Å². The molecule has 0 saturated heterocycles. The number of benzene rings is 1. The van der Waals surface area contributed by atoms with Crippen molar-refractivity contribution in [3.8, 4) is 0 Å². The van der Waals surface area contributed by atoms with Gasteiger partial charge in [-0.1, -0.05) is 0 Å². The number of nitrogens with one attached hydrogen (secondary N) is 1. The number of anilines is 1. The Morgan fingerprint density at radius 1 is 1.56 bits per heavy atom. The zero-order valence-electron chi connectivity index (χ0n) is 9.46. The summed E-state index contributed by atoms with van der Waals surface area (Å²) in [6.07, 6.45) is 0.681. The Morgan fingerprint density at radius 2 is 2.25 bits per heavy atom. The molecule has 1 unspecified atom stereocenters. The maximum atomic E-state index is 12.8. The first-order valence-corrected chi connectivity index (χ1v) is 5.23. The number of carboxylic acids is 1. The molecule has 88 valence electrons. The summed E-state index contributed by atoms with van der Waals surface area (Å²) in [7, 11) is 0. The third-order valence-corrected chi connectivity index (χ3v) is 2.38. The first-order chi connectivity index (χ1) is 7.49. The topological polar surface area (TPSA) is 49.3 Å². The molecule has 16 heavy (non-hydrogen) atoms. The van der Waals surface area contributed by atoms with Gasteiger partial charge in [0.05, 0.1) is 0 Å². The molecule has 0 spiro atoms. The second-order valence-corrected chi connectivity index (χ2v) is 3.94. The number of hydrogen-bond donors (Lipinski definition) is 2. The number of halogens is 1. The summed E-state index contributed by atoms with van der Waals surface area (Å²) in [6, 6.07) is 4.56. The molecule has 0 aliphatic carbocycles. The Balaban J connectivity index is 2.55. The number of rotatable bonds is 5. The van der Waals surface area contributed by atoms with Crippen LogP contribution in [0.2, 0.25) is 0 Å². The van der Waals surface area contributed by atoms with Crippen molar-refractivity contribution in [2.75, 3.05) is 5.32 Å². The van der Waals surface area contributed by atoms with E-state index in [1.54, 1.807) is 6.07 Å². The molecule has 0 aliphatic heterocycles. The lowest BCUT2D eigenvalue weighted by molar-refractivity contribution is -0.137. The standard InChI is InChI=1S/C12H16FNO2/c1-8-7-10(13)4-5-11(8)14-9(2)3-6-12(15)16/h4-5,7,9,14H,3,6H2,1-2H3,(H,15,16). The van der Waals surface area contributed by atoms with Gasteiger partial charge in [0, 0.05) is 18.2 Å². The largest absolute Gasteiger partial charge is 0.481 e. The van der Waals surface area contributed by atoms with Crippen molar-refractivity contribution in [1.29, 1.82) is 0 Å². The van der Waals surface area contributed by atoms with Gasteiger partial charge < -0.3 is 10.4 Å². The highest BCUT2D eigenvalue weighted by Gasteiger charge is 2.07. The van der Waals surface area contributed by atoms with Crippen LogP contribution in [0, 0.1) is 12.7 Å². The molecule has 2 N–H and O–H groups in total. The lowest BCUT2D eigenvalue weighted by Gasteiger charge is -2.16. The molecular weight excluding hydrogens is 209 g/mol. The Morgan fingerprint density at radius 3 is 2.81 bits per heavy atom. The minimum Gasteiger partial charge on any atom is -0.481 e. The van der Waals surface area contributed by atoms with E-state index in [9.17, 15) is 9.18 Å². The minimum absolute atomic E-state index is 0.0558. The second kappa shape index (κ2) is 5.49. The maximum Gasteiger partial charge on any atom is 0.303 e. The van der Waals surface area contributed by atoms with Gasteiger partial charge in [0.2, 0.25) is 0 Å². The quantitative estimate of drug-likeness (QED) is 0.810. The van der Waals surface area contributed by atoms with E-state index in [0.29, 0.717) is 6.42 Å². The predicted molar refractivity (Wildman–Crippen MR) is 61.1 cm³/mol. The van der Waals surface area contributed by atoms with E-state index in [1.165, 1.54) is 12.1 Å². The average molecular weight is 225 g/mol. The Labute approximate surface area is 94.3 Å². The lowest BCUT2D eigenvalue weighted by Crippen LogP contribution is -2.17. The van der Waals surface area contributed by atoms with E-state index in [4.69, 9.17) is 5.11 Å². The van der Waals surface area contributed by atoms with Crippen LogP contribution in [0.5, 0.6) is 0 Å². The number of aliphatic carboxylic acids is 1. The minimum atomic E-state index is -0.801. The molecule has 1 rings (SSSR count). The summed E-state index contributed by atoms with van der Waals surface area (Å²) in [5.74, 6) is -1.06. The highest BCUT2D eigenvalue weighted by molar-refractivity contribution is 5.66. The van der Waals surface area contributed by atoms with Crippen LogP contribution in [0.4, 0.5) is 10.1 Å². The maximum absolute atomic E-state index is 12.8. The number of aryl methyl sites for hydroxylation is 1. The van der Waals surface area contributed by atoms with E-state index in [-0.39, 0.29) is 18.3 Å². The third-order valence-electron chi connectivity index (χ3n) is 2.38. The normalized spacial score (nSPS) is 12.2. The summed E-state index contributed by atoms with van der Waals surface area (Å²) >= 11 is 0. The summed E-state index contributed by atoms with van der Waals surface area (Å²) in [5.41, 5.74) is 1.67. The van der Waals surface area contributed by atoms with Crippen LogP contribution < -0.4 is 5.32 Å². The predicted octanol–water partition coefficient (Wildman–Crippen LogP) is 2.80. The monoisotopic (exact) mass is 225 g/mol. The van der Waals surface area contributed by atoms with Crippen LogP contribution in [-0.4, -0.2) is 17.1 Å². The number of carboxylic acid groups (broad SMARTS) is 1. The van der Waals surface area contributed by atoms with Crippen molar-refractivity contribution in [2.24, 2.45) is 0 Å². The van der Waals surface area contributed by atoms with Gasteiger partial charge in [-0.2, -0.15) is 0 Å². The van der Waals surface area contributed by atoms with Gasteiger partial charge in [0.15, 0.2) is 0 Å². The Hall–Kier alpha value is -1.58. The molecule has 0 radical (unpaired) electrons. The van der Waals surface area contributed by atoms with Gasteiger partial charge in [-0.25, -0.2) is 4.39 Å². The second-order valence-electron chi connectivity index (χ2n) is 3.94. The Kier molecular flexibility index (Phi) is 4.28. The molecule has 0 bridgehead atoms. The third kappa shape index (κ3) is 3.88. The molecular formula is C12H16FNO2. The number of carbonyl (C=O) groups is 1. The fourth-order valence-electron chi connectivity index (χ4n) is 1.47. The van der Waals surface area contributed by atoms with Crippen LogP contribution in [0.25, 0.3) is 0 Å². The zero-order valence-corrected chi connectivity index (χ0v) is 9.46. The summed E-state index contributed by atoms with van der Waals surface area (Å²) < 4.78 is 12.8. The summed E-state index contributed by atoms with van der Waals surface area (Å²) in [4.78, 5) is 10.4.